The molecule has 0 amide bonds. The van der Waals surface area contributed by atoms with Crippen molar-refractivity contribution in [1.29, 1.82) is 0 Å². The van der Waals surface area contributed by atoms with Crippen LogP contribution < -0.4 is 0 Å². The molecular weight excluding hydrogens is 496 g/mol. The normalized spacial score (nSPS) is 28.4. The lowest BCUT2D eigenvalue weighted by Crippen LogP contribution is -2.32. The highest BCUT2D eigenvalue weighted by atomic mass is 79.9. The van der Waals surface area contributed by atoms with Gasteiger partial charge in [0.05, 0.1) is 0 Å². The van der Waals surface area contributed by atoms with Crippen LogP contribution in [0.1, 0.15) is 49.7 Å². The van der Waals surface area contributed by atoms with E-state index in [0.29, 0.717) is 17.3 Å². The highest BCUT2D eigenvalue weighted by Gasteiger charge is 2.62. The molecule has 7 rings (SSSR count). The molecule has 0 nitrogen and oxygen atoms in total. The summed E-state index contributed by atoms with van der Waals surface area (Å²) in [5.74, 6) is 1.92. The Kier molecular flexibility index (Phi) is 4.25. The summed E-state index contributed by atoms with van der Waals surface area (Å²) in [4.78, 5) is 0. The molecule has 2 bridgehead atoms. The number of rotatable bonds is 2. The SMILES string of the molecule is CC1=CC2c3c(-c4ccc(Br)cc4)ccc(-c4ccc(Br)cc4)c3C1CC21CC1C. The summed E-state index contributed by atoms with van der Waals surface area (Å²) >= 11 is 7.20. The van der Waals surface area contributed by atoms with E-state index >= 15 is 0 Å². The molecule has 0 aliphatic heterocycles. The minimum absolute atomic E-state index is 0.486. The fourth-order valence-electron chi connectivity index (χ4n) is 6.25. The van der Waals surface area contributed by atoms with E-state index in [9.17, 15) is 0 Å². The molecule has 1 saturated carbocycles. The zero-order valence-electron chi connectivity index (χ0n) is 17.3. The molecule has 3 aromatic rings. The van der Waals surface area contributed by atoms with Gasteiger partial charge in [-0.1, -0.05) is 86.8 Å². The van der Waals surface area contributed by atoms with E-state index in [1.807, 2.05) is 0 Å². The van der Waals surface area contributed by atoms with E-state index < -0.39 is 0 Å². The van der Waals surface area contributed by atoms with Gasteiger partial charge in [-0.3, -0.25) is 0 Å². The highest BCUT2D eigenvalue weighted by Crippen LogP contribution is 2.73. The summed E-state index contributed by atoms with van der Waals surface area (Å²) in [7, 11) is 0. The molecule has 30 heavy (non-hydrogen) atoms. The van der Waals surface area contributed by atoms with Gasteiger partial charge in [0.15, 0.2) is 0 Å². The van der Waals surface area contributed by atoms with E-state index in [1.54, 1.807) is 16.7 Å². The van der Waals surface area contributed by atoms with Crippen LogP contribution in [0.5, 0.6) is 0 Å². The van der Waals surface area contributed by atoms with Gasteiger partial charge in [0.25, 0.3) is 0 Å². The maximum absolute atomic E-state index is 3.60. The third kappa shape index (κ3) is 2.69. The quantitative estimate of drug-likeness (QED) is 0.296. The topological polar surface area (TPSA) is 0 Å². The first kappa shape index (κ1) is 19.1. The fraction of sp³-hybridized carbons (Fsp3) is 0.286. The van der Waals surface area contributed by atoms with Crippen LogP contribution in [0.2, 0.25) is 0 Å². The van der Waals surface area contributed by atoms with Gasteiger partial charge >= 0.3 is 0 Å². The largest absolute Gasteiger partial charge is 0.0769 e. The number of allylic oxidation sites excluding steroid dienone is 2. The zero-order valence-corrected chi connectivity index (χ0v) is 20.4. The van der Waals surface area contributed by atoms with Gasteiger partial charge in [0.1, 0.15) is 0 Å². The van der Waals surface area contributed by atoms with Crippen LogP contribution in [0, 0.1) is 11.3 Å². The minimum Gasteiger partial charge on any atom is -0.0769 e. The fourth-order valence-corrected chi connectivity index (χ4v) is 6.78. The highest BCUT2D eigenvalue weighted by molar-refractivity contribution is 9.10. The van der Waals surface area contributed by atoms with Crippen molar-refractivity contribution in [3.05, 3.63) is 92.4 Å². The van der Waals surface area contributed by atoms with Crippen LogP contribution >= 0.6 is 31.9 Å². The summed E-state index contributed by atoms with van der Waals surface area (Å²) in [6.07, 6.45) is 5.31. The molecule has 0 radical (unpaired) electrons. The molecule has 0 aromatic heterocycles. The maximum atomic E-state index is 3.60. The molecule has 1 fully saturated rings. The van der Waals surface area contributed by atoms with Crippen LogP contribution in [0.15, 0.2) is 81.3 Å². The first-order valence-corrected chi connectivity index (χ1v) is 12.4. The van der Waals surface area contributed by atoms with Gasteiger partial charge < -0.3 is 0 Å². The lowest BCUT2D eigenvalue weighted by molar-refractivity contribution is 0.317. The van der Waals surface area contributed by atoms with Gasteiger partial charge in [-0.05, 0) is 88.7 Å². The molecule has 2 heteroatoms. The first-order valence-electron chi connectivity index (χ1n) is 10.8. The third-order valence-corrected chi connectivity index (χ3v) is 9.00. The van der Waals surface area contributed by atoms with E-state index in [-0.39, 0.29) is 0 Å². The Balaban J connectivity index is 1.63. The smallest absolute Gasteiger partial charge is 0.0175 e. The van der Waals surface area contributed by atoms with E-state index in [2.05, 4.69) is 112 Å². The van der Waals surface area contributed by atoms with Gasteiger partial charge in [-0.15, -0.1) is 0 Å². The predicted octanol–water partition coefficient (Wildman–Crippen LogP) is 9.10. The van der Waals surface area contributed by atoms with Crippen LogP contribution in [0.3, 0.4) is 0 Å². The summed E-state index contributed by atoms with van der Waals surface area (Å²) < 4.78 is 2.27. The Morgan fingerprint density at radius 2 is 1.23 bits per heavy atom. The molecule has 0 saturated heterocycles. The monoisotopic (exact) mass is 518 g/mol. The third-order valence-electron chi connectivity index (χ3n) is 7.95. The minimum atomic E-state index is 0.486. The predicted molar refractivity (Wildman–Crippen MR) is 133 cm³/mol. The van der Waals surface area contributed by atoms with Crippen molar-refractivity contribution < 1.29 is 0 Å². The van der Waals surface area contributed by atoms with E-state index in [1.165, 1.54) is 35.1 Å². The van der Waals surface area contributed by atoms with Crippen molar-refractivity contribution in [2.24, 2.45) is 11.3 Å². The van der Waals surface area contributed by atoms with Crippen molar-refractivity contribution in [3.63, 3.8) is 0 Å². The molecule has 4 unspecified atom stereocenters. The Morgan fingerprint density at radius 1 is 0.733 bits per heavy atom. The summed E-state index contributed by atoms with van der Waals surface area (Å²) in [5, 5.41) is 0. The molecule has 150 valence electrons. The average Bonchev–Trinajstić information content (AvgIpc) is 3.38. The van der Waals surface area contributed by atoms with Gasteiger partial charge in [-0.2, -0.15) is 0 Å². The van der Waals surface area contributed by atoms with Crippen molar-refractivity contribution in [1.82, 2.24) is 0 Å². The number of hydrogen-bond acceptors (Lipinski definition) is 0. The second-order valence-corrected chi connectivity index (χ2v) is 11.3. The summed E-state index contributed by atoms with van der Waals surface area (Å²) in [6.45, 7) is 4.82. The van der Waals surface area contributed by atoms with Crippen LogP contribution in [0.4, 0.5) is 0 Å². The lowest BCUT2D eigenvalue weighted by atomic mass is 9.58. The van der Waals surface area contributed by atoms with Gasteiger partial charge in [-0.25, -0.2) is 0 Å². The molecule has 4 aliphatic carbocycles. The molecule has 4 aliphatic rings. The Bertz CT molecular complexity index is 1190. The van der Waals surface area contributed by atoms with Crippen molar-refractivity contribution in [2.45, 2.75) is 38.5 Å². The standard InChI is InChI=1S/C28H24Br2/c1-16-13-25-27-23(19-5-9-21(30)10-6-19)12-11-22(18-3-7-20(29)8-4-18)26(27)24(16)15-28(25)14-17(28)2/h3-13,17,24-25H,14-15H2,1-2H3. The van der Waals surface area contributed by atoms with Crippen LogP contribution in [-0.4, -0.2) is 0 Å². The van der Waals surface area contributed by atoms with Crippen molar-refractivity contribution in [2.75, 3.05) is 0 Å². The Hall–Kier alpha value is -1.64. The molecule has 0 heterocycles. The van der Waals surface area contributed by atoms with E-state index in [0.717, 1.165) is 14.9 Å². The van der Waals surface area contributed by atoms with Gasteiger partial charge in [0.2, 0.25) is 0 Å². The molecule has 3 aromatic carbocycles. The molecule has 0 N–H and O–H groups in total. The number of halogens is 2. The second-order valence-electron chi connectivity index (χ2n) is 9.49. The Morgan fingerprint density at radius 3 is 1.73 bits per heavy atom. The van der Waals surface area contributed by atoms with E-state index in [4.69, 9.17) is 0 Å². The lowest BCUT2D eigenvalue weighted by Gasteiger charge is -2.46. The Labute approximate surface area is 195 Å². The summed E-state index contributed by atoms with van der Waals surface area (Å²) in [6, 6.07) is 22.5. The molecule has 1 spiro atoms. The number of benzene rings is 3. The average molecular weight is 520 g/mol. The maximum Gasteiger partial charge on any atom is 0.0175 e. The van der Waals surface area contributed by atoms with Crippen molar-refractivity contribution in [3.8, 4) is 22.3 Å². The molecule has 4 atom stereocenters. The van der Waals surface area contributed by atoms with Crippen LogP contribution in [-0.2, 0) is 0 Å². The van der Waals surface area contributed by atoms with Gasteiger partial charge in [0, 0.05) is 20.8 Å². The second kappa shape index (κ2) is 6.68. The summed E-state index contributed by atoms with van der Waals surface area (Å²) in [5.41, 5.74) is 10.8. The molecular formula is C28H24Br2. The first-order chi connectivity index (χ1) is 14.5. The zero-order chi connectivity index (χ0) is 20.6. The van der Waals surface area contributed by atoms with Crippen LogP contribution in [0.25, 0.3) is 22.3 Å². The number of hydrogen-bond donors (Lipinski definition) is 0. The van der Waals surface area contributed by atoms with Crippen molar-refractivity contribution >= 4 is 31.9 Å².